The van der Waals surface area contributed by atoms with Gasteiger partial charge in [0.2, 0.25) is 0 Å². The summed E-state index contributed by atoms with van der Waals surface area (Å²) in [6.45, 7) is 0. The van der Waals surface area contributed by atoms with Gasteiger partial charge in [-0.05, 0) is 30.3 Å². The Hall–Kier alpha value is -1.50. The van der Waals surface area contributed by atoms with Crippen molar-refractivity contribution in [2.24, 2.45) is 0 Å². The monoisotopic (exact) mass is 139 g/mol. The molecule has 0 aliphatic carbocycles. The fourth-order valence-electron chi connectivity index (χ4n) is 0.922. The van der Waals surface area contributed by atoms with Gasteiger partial charge in [0, 0.05) is 29.6 Å². The molecule has 0 atom stereocenters. The molecule has 0 bridgehead atoms. The molecule has 1 N–H and O–H groups in total. The molecule has 0 aliphatic rings. The normalized spacial score (nSPS) is 9.82. The van der Waals surface area contributed by atoms with Crippen molar-refractivity contribution in [3.05, 3.63) is 48.7 Å². The average Bonchev–Trinajstić information content (AvgIpc) is 2.58. The van der Waals surface area contributed by atoms with Crippen LogP contribution in [0.5, 0.6) is 0 Å². The molecule has 1 heteroatoms. The van der Waals surface area contributed by atoms with Crippen LogP contribution < -0.4 is 0 Å². The van der Waals surface area contributed by atoms with Crippen LogP contribution in [0.4, 0.5) is 0 Å². The molecule has 2 aromatic rings. The van der Waals surface area contributed by atoms with Crippen LogP contribution in [0.15, 0.2) is 24.4 Å². The van der Waals surface area contributed by atoms with Crippen molar-refractivity contribution >= 4 is 0 Å². The Morgan fingerprint density at radius 1 is 1.27 bits per heavy atom. The first kappa shape index (κ1) is 6.23. The van der Waals surface area contributed by atoms with Gasteiger partial charge in [-0.1, -0.05) is 0 Å². The summed E-state index contributed by atoms with van der Waals surface area (Å²) in [5.41, 5.74) is 2.00. The first-order chi connectivity index (χ1) is 5.47. The van der Waals surface area contributed by atoms with Crippen molar-refractivity contribution in [2.45, 2.75) is 0 Å². The lowest BCUT2D eigenvalue weighted by Gasteiger charge is -1.92. The Balaban J connectivity index is 2.46. The molecule has 1 heterocycles. The molecule has 2 rings (SSSR count). The molecule has 0 saturated heterocycles. The van der Waals surface area contributed by atoms with E-state index in [1.807, 2.05) is 24.4 Å². The number of aromatic nitrogens is 1. The Labute approximate surface area is 65.7 Å². The SMILES string of the molecule is [c]1[c][c]c(-c2ccc[nH]2)c[c]1. The summed E-state index contributed by atoms with van der Waals surface area (Å²) < 4.78 is 0. The number of aromatic amines is 1. The predicted molar refractivity (Wildman–Crippen MR) is 41.6 cm³/mol. The third kappa shape index (κ3) is 1.17. The topological polar surface area (TPSA) is 15.8 Å². The molecule has 0 aliphatic heterocycles. The van der Waals surface area contributed by atoms with Gasteiger partial charge in [0.25, 0.3) is 0 Å². The van der Waals surface area contributed by atoms with E-state index < -0.39 is 0 Å². The van der Waals surface area contributed by atoms with Crippen LogP contribution in [0.1, 0.15) is 0 Å². The van der Waals surface area contributed by atoms with Crippen LogP contribution in [0.25, 0.3) is 11.3 Å². The highest BCUT2D eigenvalue weighted by molar-refractivity contribution is 5.57. The highest BCUT2D eigenvalue weighted by atomic mass is 14.7. The van der Waals surface area contributed by atoms with Crippen molar-refractivity contribution in [1.82, 2.24) is 4.98 Å². The van der Waals surface area contributed by atoms with Crippen LogP contribution >= 0.6 is 0 Å². The maximum absolute atomic E-state index is 3.07. The third-order valence-electron chi connectivity index (χ3n) is 1.44. The average molecular weight is 139 g/mol. The minimum atomic E-state index is 0.966. The lowest BCUT2D eigenvalue weighted by atomic mass is 10.2. The van der Waals surface area contributed by atoms with E-state index in [0.717, 1.165) is 11.3 Å². The van der Waals surface area contributed by atoms with Crippen molar-refractivity contribution in [3.8, 4) is 11.3 Å². The fraction of sp³-hybridized carbons (Fsp3) is 0. The van der Waals surface area contributed by atoms with Gasteiger partial charge < -0.3 is 4.98 Å². The molecule has 0 amide bonds. The smallest absolute Gasteiger partial charge is 0.0460 e. The summed E-state index contributed by atoms with van der Waals surface area (Å²) in [6.07, 6.45) is 1.87. The molecule has 0 saturated carbocycles. The minimum absolute atomic E-state index is 0.966. The molecule has 0 fully saturated rings. The molecular weight excluding hydrogens is 134 g/mol. The highest BCUT2D eigenvalue weighted by Crippen LogP contribution is 2.13. The lowest BCUT2D eigenvalue weighted by Crippen LogP contribution is -1.75. The summed E-state index contributed by atoms with van der Waals surface area (Å²) in [4.78, 5) is 3.07. The summed E-state index contributed by atoms with van der Waals surface area (Å²) in [5, 5.41) is 0. The Bertz CT molecular complexity index is 308. The Kier molecular flexibility index (Phi) is 1.48. The zero-order valence-electron chi connectivity index (χ0n) is 5.81. The number of hydrogen-bond acceptors (Lipinski definition) is 0. The maximum atomic E-state index is 3.07. The molecule has 4 radical (unpaired) electrons. The summed E-state index contributed by atoms with van der Waals surface area (Å²) in [6, 6.07) is 16.9. The van der Waals surface area contributed by atoms with Gasteiger partial charge >= 0.3 is 0 Å². The molecule has 50 valence electrons. The summed E-state index contributed by atoms with van der Waals surface area (Å²) >= 11 is 0. The first-order valence-corrected chi connectivity index (χ1v) is 3.32. The van der Waals surface area contributed by atoms with E-state index in [9.17, 15) is 0 Å². The largest absolute Gasteiger partial charge is 0.361 e. The standard InChI is InChI=1S/C10H5N/c1-2-5-9(6-3-1)10-7-4-8-11-10/h4-5,7-8,11H. The van der Waals surface area contributed by atoms with Gasteiger partial charge in [0.1, 0.15) is 0 Å². The van der Waals surface area contributed by atoms with Crippen LogP contribution in [0.3, 0.4) is 0 Å². The van der Waals surface area contributed by atoms with Crippen LogP contribution in [0.2, 0.25) is 0 Å². The number of H-pyrrole nitrogens is 1. The molecular formula is C10H5N. The van der Waals surface area contributed by atoms with E-state index >= 15 is 0 Å². The van der Waals surface area contributed by atoms with E-state index in [2.05, 4.69) is 29.2 Å². The van der Waals surface area contributed by atoms with E-state index in [1.54, 1.807) is 0 Å². The number of rotatable bonds is 1. The Morgan fingerprint density at radius 3 is 2.91 bits per heavy atom. The second kappa shape index (κ2) is 2.62. The molecule has 1 aromatic carbocycles. The lowest BCUT2D eigenvalue weighted by molar-refractivity contribution is 1.40. The number of benzene rings is 1. The second-order valence-corrected chi connectivity index (χ2v) is 2.16. The zero-order chi connectivity index (χ0) is 7.52. The van der Waals surface area contributed by atoms with Crippen molar-refractivity contribution in [2.75, 3.05) is 0 Å². The predicted octanol–water partition coefficient (Wildman–Crippen LogP) is 1.88. The van der Waals surface area contributed by atoms with Gasteiger partial charge in [-0.3, -0.25) is 0 Å². The summed E-state index contributed by atoms with van der Waals surface area (Å²) in [5.74, 6) is 0. The quantitative estimate of drug-likeness (QED) is 0.621. The van der Waals surface area contributed by atoms with Gasteiger partial charge in [-0.15, -0.1) is 0 Å². The number of nitrogens with one attached hydrogen (secondary N) is 1. The van der Waals surface area contributed by atoms with Crippen molar-refractivity contribution in [1.29, 1.82) is 0 Å². The third-order valence-corrected chi connectivity index (χ3v) is 1.44. The van der Waals surface area contributed by atoms with E-state index in [0.29, 0.717) is 0 Å². The van der Waals surface area contributed by atoms with Crippen LogP contribution in [-0.2, 0) is 0 Å². The number of hydrogen-bond donors (Lipinski definition) is 1. The minimum Gasteiger partial charge on any atom is -0.361 e. The zero-order valence-corrected chi connectivity index (χ0v) is 5.81. The van der Waals surface area contributed by atoms with Crippen LogP contribution in [0, 0.1) is 24.3 Å². The van der Waals surface area contributed by atoms with Crippen molar-refractivity contribution in [3.63, 3.8) is 0 Å². The van der Waals surface area contributed by atoms with E-state index in [1.165, 1.54) is 0 Å². The second-order valence-electron chi connectivity index (χ2n) is 2.16. The van der Waals surface area contributed by atoms with Gasteiger partial charge in [0.15, 0.2) is 0 Å². The van der Waals surface area contributed by atoms with Gasteiger partial charge in [-0.25, -0.2) is 0 Å². The van der Waals surface area contributed by atoms with Gasteiger partial charge in [0.05, 0.1) is 0 Å². The highest BCUT2D eigenvalue weighted by Gasteiger charge is 1.94. The molecule has 0 unspecified atom stereocenters. The molecule has 11 heavy (non-hydrogen) atoms. The molecule has 0 spiro atoms. The fourth-order valence-corrected chi connectivity index (χ4v) is 0.922. The summed E-state index contributed by atoms with van der Waals surface area (Å²) in [7, 11) is 0. The molecule has 1 nitrogen and oxygen atoms in total. The van der Waals surface area contributed by atoms with E-state index in [-0.39, 0.29) is 0 Å². The van der Waals surface area contributed by atoms with Crippen molar-refractivity contribution < 1.29 is 0 Å². The maximum Gasteiger partial charge on any atom is 0.0460 e. The van der Waals surface area contributed by atoms with Crippen LogP contribution in [-0.4, -0.2) is 4.98 Å². The Morgan fingerprint density at radius 2 is 2.27 bits per heavy atom. The molecule has 1 aromatic heterocycles. The van der Waals surface area contributed by atoms with E-state index in [4.69, 9.17) is 0 Å². The van der Waals surface area contributed by atoms with Gasteiger partial charge in [-0.2, -0.15) is 0 Å². The first-order valence-electron chi connectivity index (χ1n) is 3.32.